The van der Waals surface area contributed by atoms with Crippen LogP contribution in [-0.2, 0) is 5.41 Å². The second kappa shape index (κ2) is 5.32. The number of fused-ring (bicyclic) bond motifs is 5. The topological polar surface area (TPSA) is 0 Å². The molecule has 1 unspecified atom stereocenters. The van der Waals surface area contributed by atoms with Crippen LogP contribution in [0.3, 0.4) is 0 Å². The molecule has 1 atom stereocenters. The van der Waals surface area contributed by atoms with E-state index >= 15 is 0 Å². The molecule has 4 aromatic rings. The molecule has 0 heterocycles. The molecular weight excluding hydrogens is 312 g/mol. The molecule has 0 aliphatic heterocycles. The molecule has 0 spiro atoms. The Labute approximate surface area is 155 Å². The zero-order valence-corrected chi connectivity index (χ0v) is 15.5. The van der Waals surface area contributed by atoms with Crippen LogP contribution >= 0.6 is 0 Å². The van der Waals surface area contributed by atoms with E-state index in [1.54, 1.807) is 0 Å². The second-order valence-corrected chi connectivity index (χ2v) is 7.70. The maximum absolute atomic E-state index is 2.42. The number of hydrogen-bond acceptors (Lipinski definition) is 0. The molecule has 5 rings (SSSR count). The highest BCUT2D eigenvalue weighted by molar-refractivity contribution is 6.04. The van der Waals surface area contributed by atoms with Crippen LogP contribution in [0.5, 0.6) is 0 Å². The van der Waals surface area contributed by atoms with Crippen LogP contribution in [-0.4, -0.2) is 0 Å². The molecule has 4 aromatic carbocycles. The molecule has 0 N–H and O–H groups in total. The summed E-state index contributed by atoms with van der Waals surface area (Å²) in [6.07, 6.45) is 0. The Morgan fingerprint density at radius 1 is 0.654 bits per heavy atom. The van der Waals surface area contributed by atoms with Gasteiger partial charge in [-0.05, 0) is 64.9 Å². The van der Waals surface area contributed by atoms with E-state index in [4.69, 9.17) is 0 Å². The van der Waals surface area contributed by atoms with Crippen LogP contribution in [0.4, 0.5) is 0 Å². The minimum atomic E-state index is -0.118. The molecule has 1 aliphatic rings. The average Bonchev–Trinajstić information content (AvgIpc) is 2.92. The van der Waals surface area contributed by atoms with Crippen LogP contribution in [0.2, 0.25) is 0 Å². The predicted molar refractivity (Wildman–Crippen MR) is 111 cm³/mol. The molecule has 0 amide bonds. The highest BCUT2D eigenvalue weighted by Gasteiger charge is 2.41. The van der Waals surface area contributed by atoms with Crippen LogP contribution in [0.25, 0.3) is 21.9 Å². The first kappa shape index (κ1) is 15.4. The standard InChI is InChI=1S/C26H22/c1-17-13-14-22-23(15-17)26(3,19-9-5-4-6-10-19)24-16-18(2)20-11-7-8-12-21(20)25(22)24/h4-16H,1-3H3. The molecule has 1 aliphatic carbocycles. The quantitative estimate of drug-likeness (QED) is 0.359. The lowest BCUT2D eigenvalue weighted by atomic mass is 9.73. The third-order valence-corrected chi connectivity index (χ3v) is 6.12. The smallest absolute Gasteiger partial charge is 0.0435 e. The zero-order chi connectivity index (χ0) is 17.9. The molecule has 0 aromatic heterocycles. The molecule has 126 valence electrons. The Bertz CT molecular complexity index is 1150. The van der Waals surface area contributed by atoms with E-state index in [-0.39, 0.29) is 5.41 Å². The summed E-state index contributed by atoms with van der Waals surface area (Å²) in [5.41, 5.74) is 9.56. The van der Waals surface area contributed by atoms with Gasteiger partial charge in [0.2, 0.25) is 0 Å². The summed E-state index contributed by atoms with van der Waals surface area (Å²) in [7, 11) is 0. The first-order valence-electron chi connectivity index (χ1n) is 9.30. The van der Waals surface area contributed by atoms with Gasteiger partial charge < -0.3 is 0 Å². The zero-order valence-electron chi connectivity index (χ0n) is 15.5. The second-order valence-electron chi connectivity index (χ2n) is 7.70. The van der Waals surface area contributed by atoms with Crippen LogP contribution in [0.15, 0.2) is 78.9 Å². The van der Waals surface area contributed by atoms with Crippen molar-refractivity contribution in [3.8, 4) is 11.1 Å². The summed E-state index contributed by atoms with van der Waals surface area (Å²) >= 11 is 0. The Morgan fingerprint density at radius 2 is 1.35 bits per heavy atom. The van der Waals surface area contributed by atoms with Crippen LogP contribution in [0.1, 0.15) is 34.7 Å². The van der Waals surface area contributed by atoms with Gasteiger partial charge in [0.05, 0.1) is 0 Å². The summed E-state index contributed by atoms with van der Waals surface area (Å²) in [5, 5.41) is 2.72. The highest BCUT2D eigenvalue weighted by Crippen LogP contribution is 2.55. The molecule has 0 heteroatoms. The van der Waals surface area contributed by atoms with E-state index < -0.39 is 0 Å². The van der Waals surface area contributed by atoms with E-state index in [2.05, 4.69) is 99.6 Å². The third-order valence-electron chi connectivity index (χ3n) is 6.12. The summed E-state index contributed by atoms with van der Waals surface area (Å²) in [6.45, 7) is 6.82. The van der Waals surface area contributed by atoms with Crippen molar-refractivity contribution in [2.75, 3.05) is 0 Å². The number of benzene rings is 4. The normalized spacial score (nSPS) is 18.0. The number of rotatable bonds is 1. The summed E-state index contributed by atoms with van der Waals surface area (Å²) < 4.78 is 0. The maximum atomic E-state index is 2.42. The molecule has 0 saturated heterocycles. The Hall–Kier alpha value is -2.86. The summed E-state index contributed by atoms with van der Waals surface area (Å²) in [6, 6.07) is 29.1. The molecule has 0 radical (unpaired) electrons. The fourth-order valence-corrected chi connectivity index (χ4v) is 4.76. The maximum Gasteiger partial charge on any atom is 0.0435 e. The van der Waals surface area contributed by atoms with Gasteiger partial charge in [-0.15, -0.1) is 0 Å². The number of aryl methyl sites for hydroxylation is 2. The lowest BCUT2D eigenvalue weighted by Crippen LogP contribution is -2.22. The van der Waals surface area contributed by atoms with E-state index in [1.807, 2.05) is 0 Å². The Morgan fingerprint density at radius 3 is 2.12 bits per heavy atom. The van der Waals surface area contributed by atoms with Crippen molar-refractivity contribution in [2.45, 2.75) is 26.2 Å². The van der Waals surface area contributed by atoms with Gasteiger partial charge in [-0.3, -0.25) is 0 Å². The molecule has 0 bridgehead atoms. The van der Waals surface area contributed by atoms with Gasteiger partial charge in [0.1, 0.15) is 0 Å². The van der Waals surface area contributed by atoms with Crippen molar-refractivity contribution in [3.63, 3.8) is 0 Å². The molecule has 26 heavy (non-hydrogen) atoms. The highest BCUT2D eigenvalue weighted by atomic mass is 14.4. The third kappa shape index (κ3) is 1.90. The molecular formula is C26H22. The largest absolute Gasteiger partial charge is 0.0622 e. The molecule has 0 nitrogen and oxygen atoms in total. The fourth-order valence-electron chi connectivity index (χ4n) is 4.76. The van der Waals surface area contributed by atoms with Crippen molar-refractivity contribution >= 4 is 10.8 Å². The van der Waals surface area contributed by atoms with Gasteiger partial charge in [0.15, 0.2) is 0 Å². The first-order chi connectivity index (χ1) is 12.6. The minimum absolute atomic E-state index is 0.118. The van der Waals surface area contributed by atoms with Gasteiger partial charge in [-0.1, -0.05) is 84.4 Å². The van der Waals surface area contributed by atoms with Crippen LogP contribution < -0.4 is 0 Å². The van der Waals surface area contributed by atoms with Crippen molar-refractivity contribution in [1.82, 2.24) is 0 Å². The summed E-state index contributed by atoms with van der Waals surface area (Å²) in [4.78, 5) is 0. The molecule has 0 fully saturated rings. The van der Waals surface area contributed by atoms with E-state index in [0.717, 1.165) is 0 Å². The first-order valence-corrected chi connectivity index (χ1v) is 9.30. The molecule has 0 saturated carbocycles. The van der Waals surface area contributed by atoms with Gasteiger partial charge in [-0.25, -0.2) is 0 Å². The van der Waals surface area contributed by atoms with E-state index in [1.165, 1.54) is 49.7 Å². The van der Waals surface area contributed by atoms with E-state index in [0.29, 0.717) is 0 Å². The van der Waals surface area contributed by atoms with Crippen molar-refractivity contribution in [1.29, 1.82) is 0 Å². The SMILES string of the molecule is Cc1ccc2c(c1)C(C)(c1ccccc1)c1cc(C)c3ccccc3c1-2. The van der Waals surface area contributed by atoms with E-state index in [9.17, 15) is 0 Å². The van der Waals surface area contributed by atoms with Gasteiger partial charge in [0.25, 0.3) is 0 Å². The predicted octanol–water partition coefficient (Wildman–Crippen LogP) is 6.79. The average molecular weight is 334 g/mol. The Kier molecular flexibility index (Phi) is 3.15. The van der Waals surface area contributed by atoms with Crippen LogP contribution in [0, 0.1) is 13.8 Å². The van der Waals surface area contributed by atoms with Gasteiger partial charge in [0, 0.05) is 5.41 Å². The fraction of sp³-hybridized carbons (Fsp3) is 0.154. The van der Waals surface area contributed by atoms with Gasteiger partial charge >= 0.3 is 0 Å². The number of hydrogen-bond donors (Lipinski definition) is 0. The lowest BCUT2D eigenvalue weighted by molar-refractivity contribution is 0.713. The van der Waals surface area contributed by atoms with Crippen molar-refractivity contribution in [3.05, 3.63) is 107 Å². The van der Waals surface area contributed by atoms with Crippen molar-refractivity contribution < 1.29 is 0 Å². The van der Waals surface area contributed by atoms with Crippen molar-refractivity contribution in [2.24, 2.45) is 0 Å². The summed E-state index contributed by atoms with van der Waals surface area (Å²) in [5.74, 6) is 0. The minimum Gasteiger partial charge on any atom is -0.0622 e. The Balaban J connectivity index is 1.98. The monoisotopic (exact) mass is 334 g/mol. The lowest BCUT2D eigenvalue weighted by Gasteiger charge is -2.29. The van der Waals surface area contributed by atoms with Gasteiger partial charge in [-0.2, -0.15) is 0 Å².